The van der Waals surface area contributed by atoms with Crippen LogP contribution in [0.1, 0.15) is 5.56 Å². The molecule has 120 valence electrons. The highest BCUT2D eigenvalue weighted by Gasteiger charge is 2.18. The largest absolute Gasteiger partial charge is 0.383 e. The van der Waals surface area contributed by atoms with Gasteiger partial charge in [0.05, 0.1) is 17.6 Å². The molecule has 0 amide bonds. The second-order valence-corrected chi connectivity index (χ2v) is 6.85. The standard InChI is InChI=1S/C17H15N5S2/c1-23-17-19-14(12-7-8-24-10-12)13-15(18)22(21-16(13)20-17)9-11-5-3-2-4-6-11/h2-8,10H,9,18H2,1H3. The first-order valence-corrected chi connectivity index (χ1v) is 9.57. The Labute approximate surface area is 147 Å². The van der Waals surface area contributed by atoms with E-state index < -0.39 is 0 Å². The van der Waals surface area contributed by atoms with Crippen molar-refractivity contribution in [3.63, 3.8) is 0 Å². The van der Waals surface area contributed by atoms with Crippen LogP contribution < -0.4 is 5.73 Å². The lowest BCUT2D eigenvalue weighted by Crippen LogP contribution is -2.05. The van der Waals surface area contributed by atoms with E-state index >= 15 is 0 Å². The number of anilines is 1. The SMILES string of the molecule is CSc1nc(-c2ccsc2)c2c(N)n(Cc3ccccc3)nc2n1. The summed E-state index contributed by atoms with van der Waals surface area (Å²) in [6.45, 7) is 0.612. The molecular weight excluding hydrogens is 338 g/mol. The molecule has 3 heterocycles. The molecule has 5 nitrogen and oxygen atoms in total. The van der Waals surface area contributed by atoms with Crippen LogP contribution in [-0.4, -0.2) is 26.0 Å². The number of aromatic nitrogens is 4. The lowest BCUT2D eigenvalue weighted by atomic mass is 10.1. The molecule has 0 bridgehead atoms. The fourth-order valence-electron chi connectivity index (χ4n) is 2.61. The zero-order valence-corrected chi connectivity index (χ0v) is 14.6. The first-order chi connectivity index (χ1) is 11.8. The lowest BCUT2D eigenvalue weighted by molar-refractivity contribution is 0.702. The average molecular weight is 353 g/mol. The third-order valence-corrected chi connectivity index (χ3v) is 5.00. The van der Waals surface area contributed by atoms with Gasteiger partial charge in [-0.2, -0.15) is 11.3 Å². The second kappa shape index (κ2) is 6.26. The van der Waals surface area contributed by atoms with E-state index in [1.165, 1.54) is 11.8 Å². The van der Waals surface area contributed by atoms with Crippen molar-refractivity contribution < 1.29 is 0 Å². The van der Waals surface area contributed by atoms with Crippen molar-refractivity contribution in [2.24, 2.45) is 0 Å². The molecule has 0 unspecified atom stereocenters. The highest BCUT2D eigenvalue weighted by molar-refractivity contribution is 7.98. The predicted octanol–water partition coefficient (Wildman–Crippen LogP) is 3.91. The van der Waals surface area contributed by atoms with Gasteiger partial charge in [-0.25, -0.2) is 14.6 Å². The van der Waals surface area contributed by atoms with Crippen molar-refractivity contribution in [1.29, 1.82) is 0 Å². The monoisotopic (exact) mass is 353 g/mol. The highest BCUT2D eigenvalue weighted by atomic mass is 32.2. The number of nitrogen functional groups attached to an aromatic ring is 1. The Morgan fingerprint density at radius 1 is 1.17 bits per heavy atom. The summed E-state index contributed by atoms with van der Waals surface area (Å²) in [5.41, 5.74) is 10.1. The van der Waals surface area contributed by atoms with Gasteiger partial charge in [-0.1, -0.05) is 42.1 Å². The van der Waals surface area contributed by atoms with Gasteiger partial charge in [-0.15, -0.1) is 5.10 Å². The zero-order valence-electron chi connectivity index (χ0n) is 13.0. The predicted molar refractivity (Wildman–Crippen MR) is 100 cm³/mol. The number of thiophene rings is 1. The molecule has 4 aromatic rings. The van der Waals surface area contributed by atoms with Gasteiger partial charge in [0.15, 0.2) is 10.8 Å². The minimum Gasteiger partial charge on any atom is -0.383 e. The van der Waals surface area contributed by atoms with E-state index in [0.717, 1.165) is 22.2 Å². The number of thioether (sulfide) groups is 1. The van der Waals surface area contributed by atoms with Gasteiger partial charge < -0.3 is 5.73 Å². The maximum atomic E-state index is 6.40. The molecule has 0 radical (unpaired) electrons. The Hall–Kier alpha value is -2.38. The number of hydrogen-bond donors (Lipinski definition) is 1. The first-order valence-electron chi connectivity index (χ1n) is 7.41. The van der Waals surface area contributed by atoms with Gasteiger partial charge in [0.25, 0.3) is 0 Å². The van der Waals surface area contributed by atoms with Crippen molar-refractivity contribution >= 4 is 39.9 Å². The summed E-state index contributed by atoms with van der Waals surface area (Å²) in [6.07, 6.45) is 1.96. The fraction of sp³-hybridized carbons (Fsp3) is 0.118. The summed E-state index contributed by atoms with van der Waals surface area (Å²) in [5, 5.41) is 10.2. The number of benzene rings is 1. The molecule has 7 heteroatoms. The fourth-order valence-corrected chi connectivity index (χ4v) is 3.61. The second-order valence-electron chi connectivity index (χ2n) is 5.30. The molecule has 0 saturated carbocycles. The highest BCUT2D eigenvalue weighted by Crippen LogP contribution is 2.33. The number of rotatable bonds is 4. The molecule has 2 N–H and O–H groups in total. The Morgan fingerprint density at radius 3 is 2.71 bits per heavy atom. The molecule has 0 saturated heterocycles. The normalized spacial score (nSPS) is 11.2. The zero-order chi connectivity index (χ0) is 16.5. The summed E-state index contributed by atoms with van der Waals surface area (Å²) >= 11 is 3.14. The van der Waals surface area contributed by atoms with E-state index in [4.69, 9.17) is 5.73 Å². The molecule has 4 rings (SSSR count). The van der Waals surface area contributed by atoms with Crippen LogP contribution in [-0.2, 0) is 6.54 Å². The smallest absolute Gasteiger partial charge is 0.190 e. The van der Waals surface area contributed by atoms with Crippen molar-refractivity contribution in [1.82, 2.24) is 19.7 Å². The van der Waals surface area contributed by atoms with Crippen molar-refractivity contribution in [2.75, 3.05) is 12.0 Å². The number of fused-ring (bicyclic) bond motifs is 1. The average Bonchev–Trinajstić information content (AvgIpc) is 3.24. The minimum atomic E-state index is 0.600. The van der Waals surface area contributed by atoms with Crippen LogP contribution in [0, 0.1) is 0 Å². The maximum Gasteiger partial charge on any atom is 0.190 e. The van der Waals surface area contributed by atoms with Crippen LogP contribution in [0.5, 0.6) is 0 Å². The summed E-state index contributed by atoms with van der Waals surface area (Å²) in [5.74, 6) is 0.600. The third kappa shape index (κ3) is 2.65. The first kappa shape index (κ1) is 15.2. The van der Waals surface area contributed by atoms with Gasteiger partial charge in [0.2, 0.25) is 0 Å². The Morgan fingerprint density at radius 2 is 2.00 bits per heavy atom. The molecule has 0 aliphatic heterocycles. The minimum absolute atomic E-state index is 0.600. The number of nitrogens with zero attached hydrogens (tertiary/aromatic N) is 4. The Kier molecular flexibility index (Phi) is 3.95. The summed E-state index contributed by atoms with van der Waals surface area (Å²) < 4.78 is 1.80. The molecule has 0 aliphatic rings. The van der Waals surface area contributed by atoms with Crippen LogP contribution in [0.2, 0.25) is 0 Å². The Bertz CT molecular complexity index is 977. The number of hydrogen-bond acceptors (Lipinski definition) is 6. The molecule has 0 aliphatic carbocycles. The maximum absolute atomic E-state index is 6.40. The van der Waals surface area contributed by atoms with Crippen LogP contribution in [0.15, 0.2) is 52.3 Å². The van der Waals surface area contributed by atoms with Gasteiger partial charge in [0, 0.05) is 10.9 Å². The molecular formula is C17H15N5S2. The van der Waals surface area contributed by atoms with Crippen molar-refractivity contribution in [2.45, 2.75) is 11.7 Å². The Balaban J connectivity index is 1.89. The van der Waals surface area contributed by atoms with Crippen LogP contribution in [0.4, 0.5) is 5.82 Å². The van der Waals surface area contributed by atoms with Crippen LogP contribution in [0.25, 0.3) is 22.3 Å². The number of nitrogens with two attached hydrogens (primary N) is 1. The molecule has 0 fully saturated rings. The molecule has 0 atom stereocenters. The van der Waals surface area contributed by atoms with Crippen LogP contribution in [0.3, 0.4) is 0 Å². The third-order valence-electron chi connectivity index (χ3n) is 3.77. The van der Waals surface area contributed by atoms with E-state index in [1.807, 2.05) is 35.9 Å². The van der Waals surface area contributed by atoms with Crippen molar-refractivity contribution in [3.05, 3.63) is 52.7 Å². The van der Waals surface area contributed by atoms with E-state index in [9.17, 15) is 0 Å². The van der Waals surface area contributed by atoms with Gasteiger partial charge in [-0.05, 0) is 23.3 Å². The molecule has 3 aromatic heterocycles. The molecule has 1 aromatic carbocycles. The van der Waals surface area contributed by atoms with E-state index in [1.54, 1.807) is 16.0 Å². The van der Waals surface area contributed by atoms with Crippen molar-refractivity contribution in [3.8, 4) is 11.3 Å². The van der Waals surface area contributed by atoms with E-state index in [2.05, 4.69) is 32.6 Å². The summed E-state index contributed by atoms with van der Waals surface area (Å²) in [7, 11) is 0. The van der Waals surface area contributed by atoms with Gasteiger partial charge in [0.1, 0.15) is 5.82 Å². The van der Waals surface area contributed by atoms with Crippen LogP contribution >= 0.6 is 23.1 Å². The topological polar surface area (TPSA) is 69.6 Å². The lowest BCUT2D eigenvalue weighted by Gasteiger charge is -2.05. The molecule has 0 spiro atoms. The van der Waals surface area contributed by atoms with E-state index in [-0.39, 0.29) is 0 Å². The summed E-state index contributed by atoms with van der Waals surface area (Å²) in [6, 6.07) is 12.2. The molecule has 24 heavy (non-hydrogen) atoms. The van der Waals surface area contributed by atoms with Gasteiger partial charge >= 0.3 is 0 Å². The van der Waals surface area contributed by atoms with Gasteiger partial charge in [-0.3, -0.25) is 0 Å². The summed E-state index contributed by atoms with van der Waals surface area (Å²) in [4.78, 5) is 9.20. The van der Waals surface area contributed by atoms with E-state index in [0.29, 0.717) is 23.2 Å². The quantitative estimate of drug-likeness (QED) is 0.445.